The lowest BCUT2D eigenvalue weighted by Crippen LogP contribution is -2.15. The topological polar surface area (TPSA) is 74.1 Å². The molecule has 1 heterocycles. The molecule has 0 unspecified atom stereocenters. The number of aromatic nitrogens is 4. The zero-order valence-corrected chi connectivity index (χ0v) is 20.3. The second-order valence-electron chi connectivity index (χ2n) is 6.77. The molecule has 1 N–H and O–H groups in total. The van der Waals surface area contributed by atoms with Crippen molar-refractivity contribution in [3.8, 4) is 17.2 Å². The van der Waals surface area contributed by atoms with Gasteiger partial charge in [0, 0.05) is 12.3 Å². The van der Waals surface area contributed by atoms with Crippen LogP contribution in [0.4, 0.5) is 0 Å². The molecule has 0 saturated carbocycles. The molecule has 0 spiro atoms. The van der Waals surface area contributed by atoms with Crippen molar-refractivity contribution in [2.75, 3.05) is 25.5 Å². The fraction of sp³-hybridized carbons (Fsp3) is 0.409. The minimum atomic E-state index is 0.603. The van der Waals surface area contributed by atoms with Crippen molar-refractivity contribution in [1.29, 1.82) is 0 Å². The normalized spacial score (nSPS) is 10.9. The molecule has 2 aromatic carbocycles. The van der Waals surface area contributed by atoms with E-state index in [1.54, 1.807) is 16.4 Å². The Balaban J connectivity index is 1.46. The van der Waals surface area contributed by atoms with Crippen molar-refractivity contribution in [2.45, 2.75) is 38.4 Å². The summed E-state index contributed by atoms with van der Waals surface area (Å²) >= 11 is 5.28. The summed E-state index contributed by atoms with van der Waals surface area (Å²) in [5.74, 6) is 2.49. The largest absolute Gasteiger partial charge is 0.490 e. The van der Waals surface area contributed by atoms with Gasteiger partial charge in [-0.2, -0.15) is 4.68 Å². The van der Waals surface area contributed by atoms with E-state index >= 15 is 0 Å². The first-order chi connectivity index (χ1) is 15.2. The maximum atomic E-state index is 5.85. The first-order valence-corrected chi connectivity index (χ1v) is 12.3. The Kier molecular flexibility index (Phi) is 9.64. The Morgan fingerprint density at radius 2 is 1.97 bits per heavy atom. The molecule has 1 aromatic heterocycles. The molecule has 0 amide bonds. The maximum Gasteiger partial charge on any atom is 0.214 e. The van der Waals surface area contributed by atoms with Crippen LogP contribution >= 0.6 is 27.7 Å². The van der Waals surface area contributed by atoms with Gasteiger partial charge in [0.15, 0.2) is 11.5 Å². The van der Waals surface area contributed by atoms with E-state index in [-0.39, 0.29) is 0 Å². The van der Waals surface area contributed by atoms with Gasteiger partial charge in [0.05, 0.1) is 23.4 Å². The standard InChI is InChI=1S/C22H28BrN5O2S/c1-3-12-30-21-19(23)14-17(15-20(21)29-4-2)16-24-11-8-13-31-22-25-26-27-28(22)18-9-6-5-7-10-18/h5-7,9-10,14-15,24H,3-4,8,11-13,16H2,1-2H3. The second-order valence-corrected chi connectivity index (χ2v) is 8.69. The molecule has 0 aliphatic rings. The van der Waals surface area contributed by atoms with E-state index in [9.17, 15) is 0 Å². The van der Waals surface area contributed by atoms with Gasteiger partial charge in [-0.15, -0.1) is 5.10 Å². The Morgan fingerprint density at radius 3 is 2.74 bits per heavy atom. The van der Waals surface area contributed by atoms with Crippen LogP contribution in [0.15, 0.2) is 52.1 Å². The van der Waals surface area contributed by atoms with Crippen LogP contribution in [-0.4, -0.2) is 45.7 Å². The van der Waals surface area contributed by atoms with Crippen LogP contribution in [0.3, 0.4) is 0 Å². The molecule has 3 rings (SSSR count). The third-order valence-corrected chi connectivity index (χ3v) is 5.91. The van der Waals surface area contributed by atoms with Gasteiger partial charge in [-0.3, -0.25) is 0 Å². The summed E-state index contributed by atoms with van der Waals surface area (Å²) in [7, 11) is 0. The van der Waals surface area contributed by atoms with Crippen LogP contribution in [0.2, 0.25) is 0 Å². The number of nitrogens with one attached hydrogen (secondary N) is 1. The molecule has 9 heteroatoms. The van der Waals surface area contributed by atoms with E-state index in [2.05, 4.69) is 55.8 Å². The molecule has 166 valence electrons. The van der Waals surface area contributed by atoms with Gasteiger partial charge in [-0.1, -0.05) is 36.9 Å². The molecule has 0 aliphatic carbocycles. The zero-order chi connectivity index (χ0) is 21.9. The van der Waals surface area contributed by atoms with E-state index in [1.165, 1.54) is 0 Å². The number of hydrogen-bond donors (Lipinski definition) is 1. The van der Waals surface area contributed by atoms with Crippen LogP contribution in [0, 0.1) is 0 Å². The third-order valence-electron chi connectivity index (χ3n) is 4.32. The van der Waals surface area contributed by atoms with Crippen molar-refractivity contribution in [3.63, 3.8) is 0 Å². The molecule has 0 saturated heterocycles. The zero-order valence-electron chi connectivity index (χ0n) is 17.9. The molecule has 3 aromatic rings. The Hall–Kier alpha value is -2.10. The molecule has 0 atom stereocenters. The second kappa shape index (κ2) is 12.7. The predicted molar refractivity (Wildman–Crippen MR) is 127 cm³/mol. The monoisotopic (exact) mass is 505 g/mol. The van der Waals surface area contributed by atoms with Gasteiger partial charge in [0.2, 0.25) is 5.16 Å². The summed E-state index contributed by atoms with van der Waals surface area (Å²) in [4.78, 5) is 0. The lowest BCUT2D eigenvalue weighted by Gasteiger charge is -2.15. The average Bonchev–Trinajstić information content (AvgIpc) is 3.25. The number of benzene rings is 2. The van der Waals surface area contributed by atoms with Crippen molar-refractivity contribution < 1.29 is 9.47 Å². The number of ether oxygens (including phenoxy) is 2. The first-order valence-electron chi connectivity index (χ1n) is 10.5. The van der Waals surface area contributed by atoms with E-state index in [0.717, 1.165) is 64.1 Å². The number of rotatable bonds is 13. The summed E-state index contributed by atoms with van der Waals surface area (Å²) in [6, 6.07) is 14.1. The molecule has 0 fully saturated rings. The van der Waals surface area contributed by atoms with Crippen LogP contribution in [0.5, 0.6) is 11.5 Å². The number of halogens is 1. The highest BCUT2D eigenvalue weighted by molar-refractivity contribution is 9.10. The van der Waals surface area contributed by atoms with Gasteiger partial charge in [-0.05, 0) is 82.5 Å². The highest BCUT2D eigenvalue weighted by Gasteiger charge is 2.12. The Morgan fingerprint density at radius 1 is 1.13 bits per heavy atom. The highest BCUT2D eigenvalue weighted by atomic mass is 79.9. The summed E-state index contributed by atoms with van der Waals surface area (Å²) in [5, 5.41) is 16.3. The van der Waals surface area contributed by atoms with Gasteiger partial charge < -0.3 is 14.8 Å². The van der Waals surface area contributed by atoms with Crippen molar-refractivity contribution in [3.05, 3.63) is 52.5 Å². The quantitative estimate of drug-likeness (QED) is 0.262. The fourth-order valence-corrected chi connectivity index (χ4v) is 4.36. The lowest BCUT2D eigenvalue weighted by molar-refractivity contribution is 0.275. The average molecular weight is 506 g/mol. The highest BCUT2D eigenvalue weighted by Crippen LogP contribution is 2.37. The first kappa shape index (κ1) is 23.6. The molecule has 31 heavy (non-hydrogen) atoms. The van der Waals surface area contributed by atoms with Crippen LogP contribution in [0.1, 0.15) is 32.3 Å². The maximum absolute atomic E-state index is 5.85. The van der Waals surface area contributed by atoms with Gasteiger partial charge in [0.25, 0.3) is 0 Å². The molecular formula is C22H28BrN5O2S. The summed E-state index contributed by atoms with van der Waals surface area (Å²) in [5.41, 5.74) is 2.12. The lowest BCUT2D eigenvalue weighted by atomic mass is 10.2. The number of nitrogens with zero attached hydrogens (tertiary/aromatic N) is 4. The Bertz CT molecular complexity index is 939. The summed E-state index contributed by atoms with van der Waals surface area (Å²) < 4.78 is 14.3. The van der Waals surface area contributed by atoms with Crippen LogP contribution in [0.25, 0.3) is 5.69 Å². The van der Waals surface area contributed by atoms with Crippen molar-refractivity contribution >= 4 is 27.7 Å². The van der Waals surface area contributed by atoms with Crippen LogP contribution < -0.4 is 14.8 Å². The van der Waals surface area contributed by atoms with Gasteiger partial charge >= 0.3 is 0 Å². The molecule has 0 radical (unpaired) electrons. The van der Waals surface area contributed by atoms with Crippen LogP contribution in [-0.2, 0) is 6.54 Å². The minimum absolute atomic E-state index is 0.603. The van der Waals surface area contributed by atoms with E-state index in [0.29, 0.717) is 13.2 Å². The minimum Gasteiger partial charge on any atom is -0.490 e. The van der Waals surface area contributed by atoms with E-state index in [1.807, 2.05) is 37.3 Å². The number of hydrogen-bond acceptors (Lipinski definition) is 7. The van der Waals surface area contributed by atoms with Gasteiger partial charge in [0.1, 0.15) is 0 Å². The third kappa shape index (κ3) is 6.95. The molecule has 0 bridgehead atoms. The van der Waals surface area contributed by atoms with Crippen molar-refractivity contribution in [1.82, 2.24) is 25.5 Å². The van der Waals surface area contributed by atoms with E-state index in [4.69, 9.17) is 9.47 Å². The summed E-state index contributed by atoms with van der Waals surface area (Å²) in [6.45, 7) is 7.00. The van der Waals surface area contributed by atoms with Gasteiger partial charge in [-0.25, -0.2) is 0 Å². The van der Waals surface area contributed by atoms with Crippen molar-refractivity contribution in [2.24, 2.45) is 0 Å². The summed E-state index contributed by atoms with van der Waals surface area (Å²) in [6.07, 6.45) is 1.96. The SMILES string of the molecule is CCCOc1c(Br)cc(CNCCCSc2nnnn2-c2ccccc2)cc1OCC. The Labute approximate surface area is 196 Å². The molecule has 7 nitrogen and oxygen atoms in total. The predicted octanol–water partition coefficient (Wildman–Crippen LogP) is 4.88. The van der Waals surface area contributed by atoms with E-state index < -0.39 is 0 Å². The fourth-order valence-electron chi connectivity index (χ4n) is 2.92. The smallest absolute Gasteiger partial charge is 0.214 e. The molecule has 0 aliphatic heterocycles. The number of thioether (sulfide) groups is 1. The molecular weight excluding hydrogens is 478 g/mol. The number of tetrazole rings is 1. The number of para-hydroxylation sites is 1.